The van der Waals surface area contributed by atoms with Gasteiger partial charge >= 0.3 is 6.09 Å². The Morgan fingerprint density at radius 2 is 2.57 bits per heavy atom. The van der Waals surface area contributed by atoms with Gasteiger partial charge in [-0.05, 0) is 0 Å². The molecule has 2 N–H and O–H groups in total. The molecule has 0 aliphatic heterocycles. The van der Waals surface area contributed by atoms with Crippen molar-refractivity contribution < 1.29 is 14.7 Å². The molecule has 1 amide bonds. The molecule has 1 heterocycles. The number of anilines is 1. The van der Waals surface area contributed by atoms with E-state index in [0.717, 1.165) is 5.69 Å². The van der Waals surface area contributed by atoms with E-state index in [0.29, 0.717) is 11.7 Å². The van der Waals surface area contributed by atoms with Gasteiger partial charge in [0.1, 0.15) is 0 Å². The first-order valence-electron chi connectivity index (χ1n) is 3.81. The first-order valence-corrected chi connectivity index (χ1v) is 4.69. The zero-order chi connectivity index (χ0) is 10.6. The summed E-state index contributed by atoms with van der Waals surface area (Å²) in [5, 5.41) is 14.4. The van der Waals surface area contributed by atoms with E-state index in [1.807, 2.05) is 0 Å². The lowest BCUT2D eigenvalue weighted by molar-refractivity contribution is -0.117. The lowest BCUT2D eigenvalue weighted by atomic mass is 10.5. The smallest absolute Gasteiger partial charge is 0.410 e. The maximum absolute atomic E-state index is 10.3. The quantitative estimate of drug-likeness (QED) is 0.742. The highest BCUT2D eigenvalue weighted by molar-refractivity contribution is 7.13. The molecule has 0 saturated carbocycles. The third kappa shape index (κ3) is 3.29. The number of hydrogen-bond acceptors (Lipinski definition) is 5. The molecule has 0 atom stereocenters. The summed E-state index contributed by atoms with van der Waals surface area (Å²) < 4.78 is 0. The fraction of sp³-hybridized carbons (Fsp3) is 0.429. The van der Waals surface area contributed by atoms with E-state index in [2.05, 4.69) is 10.3 Å². The third-order valence-corrected chi connectivity index (χ3v) is 2.27. The lowest BCUT2D eigenvalue weighted by Crippen LogP contribution is -2.16. The molecule has 78 valence electrons. The normalized spacial score (nSPS) is 10.5. The fourth-order valence-corrected chi connectivity index (χ4v) is 1.51. The standard InChI is InChI=1S/C7H11N3O3S/c1-10(13-2)3-5-4-14-6(8-5)9-7(11)12/h4H,3H2,1-2H3,(H,8,9)(H,11,12). The van der Waals surface area contributed by atoms with Crippen molar-refractivity contribution in [2.75, 3.05) is 19.5 Å². The van der Waals surface area contributed by atoms with Gasteiger partial charge in [0.15, 0.2) is 5.13 Å². The van der Waals surface area contributed by atoms with Crippen molar-refractivity contribution in [1.82, 2.24) is 10.0 Å². The average Bonchev–Trinajstić information content (AvgIpc) is 2.51. The van der Waals surface area contributed by atoms with E-state index >= 15 is 0 Å². The van der Waals surface area contributed by atoms with Gasteiger partial charge in [0.2, 0.25) is 0 Å². The van der Waals surface area contributed by atoms with Crippen LogP contribution in [0.2, 0.25) is 0 Å². The van der Waals surface area contributed by atoms with E-state index in [-0.39, 0.29) is 0 Å². The number of hydroxylamine groups is 2. The van der Waals surface area contributed by atoms with E-state index in [4.69, 9.17) is 9.94 Å². The molecule has 0 aromatic carbocycles. The highest BCUT2D eigenvalue weighted by atomic mass is 32.1. The maximum atomic E-state index is 10.3. The van der Waals surface area contributed by atoms with Crippen molar-refractivity contribution >= 4 is 22.6 Å². The summed E-state index contributed by atoms with van der Waals surface area (Å²) in [6, 6.07) is 0. The second-order valence-corrected chi connectivity index (χ2v) is 3.40. The lowest BCUT2D eigenvalue weighted by Gasteiger charge is -2.10. The van der Waals surface area contributed by atoms with Gasteiger partial charge in [-0.2, -0.15) is 5.06 Å². The topological polar surface area (TPSA) is 74.7 Å². The number of carbonyl (C=O) groups is 1. The molecule has 1 aromatic rings. The summed E-state index contributed by atoms with van der Waals surface area (Å²) in [7, 11) is 3.33. The summed E-state index contributed by atoms with van der Waals surface area (Å²) in [5.74, 6) is 0. The van der Waals surface area contributed by atoms with Crippen LogP contribution in [0.3, 0.4) is 0 Å². The Bertz CT molecular complexity index is 315. The zero-order valence-electron chi connectivity index (χ0n) is 7.85. The van der Waals surface area contributed by atoms with Gasteiger partial charge in [0.05, 0.1) is 19.3 Å². The van der Waals surface area contributed by atoms with Gasteiger partial charge in [-0.3, -0.25) is 5.32 Å². The molecule has 0 aliphatic carbocycles. The molecule has 0 aliphatic rings. The van der Waals surface area contributed by atoms with Crippen molar-refractivity contribution in [1.29, 1.82) is 0 Å². The minimum Gasteiger partial charge on any atom is -0.465 e. The molecule has 0 saturated heterocycles. The van der Waals surface area contributed by atoms with E-state index in [1.54, 1.807) is 24.6 Å². The van der Waals surface area contributed by atoms with E-state index in [1.165, 1.54) is 11.3 Å². The number of hydrogen-bond donors (Lipinski definition) is 2. The minimum atomic E-state index is -1.11. The number of carboxylic acid groups (broad SMARTS) is 1. The van der Waals surface area contributed by atoms with Crippen LogP contribution >= 0.6 is 11.3 Å². The Labute approximate surface area is 85.1 Å². The molecule has 0 spiro atoms. The largest absolute Gasteiger partial charge is 0.465 e. The van der Waals surface area contributed by atoms with Crippen molar-refractivity contribution in [3.05, 3.63) is 11.1 Å². The summed E-state index contributed by atoms with van der Waals surface area (Å²) in [6.07, 6.45) is -1.11. The van der Waals surface area contributed by atoms with Crippen LogP contribution in [-0.2, 0) is 11.4 Å². The number of thiazole rings is 1. The summed E-state index contributed by atoms with van der Waals surface area (Å²) in [5.41, 5.74) is 0.767. The maximum Gasteiger partial charge on any atom is 0.410 e. The monoisotopic (exact) mass is 217 g/mol. The summed E-state index contributed by atoms with van der Waals surface area (Å²) in [6.45, 7) is 0.522. The fourth-order valence-electron chi connectivity index (χ4n) is 0.821. The van der Waals surface area contributed by atoms with E-state index < -0.39 is 6.09 Å². The Hall–Kier alpha value is -1.18. The molecule has 0 bridgehead atoms. The highest BCUT2D eigenvalue weighted by Gasteiger charge is 2.06. The van der Waals surface area contributed by atoms with Crippen molar-refractivity contribution in [2.24, 2.45) is 0 Å². The van der Waals surface area contributed by atoms with Gasteiger partial charge in [0.25, 0.3) is 0 Å². The van der Waals surface area contributed by atoms with Crippen molar-refractivity contribution in [3.63, 3.8) is 0 Å². The number of aromatic nitrogens is 1. The summed E-state index contributed by atoms with van der Waals surface area (Å²) in [4.78, 5) is 19.2. The summed E-state index contributed by atoms with van der Waals surface area (Å²) >= 11 is 1.25. The van der Waals surface area contributed by atoms with Crippen molar-refractivity contribution in [2.45, 2.75) is 6.54 Å². The molecular weight excluding hydrogens is 206 g/mol. The first kappa shape index (κ1) is 10.9. The Morgan fingerprint density at radius 3 is 3.14 bits per heavy atom. The highest BCUT2D eigenvalue weighted by Crippen LogP contribution is 2.16. The molecule has 1 aromatic heterocycles. The van der Waals surface area contributed by atoms with Crippen LogP contribution in [0.15, 0.2) is 5.38 Å². The minimum absolute atomic E-state index is 0.372. The Kier molecular flexibility index (Phi) is 3.81. The second-order valence-electron chi connectivity index (χ2n) is 2.54. The number of nitrogens with one attached hydrogen (secondary N) is 1. The van der Waals surface area contributed by atoms with Gasteiger partial charge in [-0.1, -0.05) is 0 Å². The van der Waals surface area contributed by atoms with Crippen LogP contribution in [0.25, 0.3) is 0 Å². The molecule has 0 radical (unpaired) electrons. The second kappa shape index (κ2) is 4.89. The van der Waals surface area contributed by atoms with Gasteiger partial charge < -0.3 is 9.94 Å². The van der Waals surface area contributed by atoms with Gasteiger partial charge in [-0.25, -0.2) is 9.78 Å². The Balaban J connectivity index is 2.54. The van der Waals surface area contributed by atoms with E-state index in [9.17, 15) is 4.79 Å². The molecule has 0 fully saturated rings. The van der Waals surface area contributed by atoms with Gasteiger partial charge in [0, 0.05) is 12.4 Å². The predicted molar refractivity (Wildman–Crippen MR) is 52.2 cm³/mol. The number of amides is 1. The molecule has 7 heteroatoms. The number of nitrogens with zero attached hydrogens (tertiary/aromatic N) is 2. The Morgan fingerprint density at radius 1 is 1.86 bits per heavy atom. The number of rotatable bonds is 4. The molecular formula is C7H11N3O3S. The predicted octanol–water partition coefficient (Wildman–Crippen LogP) is 1.23. The SMILES string of the molecule is CON(C)Cc1csc(NC(=O)O)n1. The molecule has 1 rings (SSSR count). The van der Waals surface area contributed by atoms with Crippen LogP contribution in [0.4, 0.5) is 9.93 Å². The van der Waals surface area contributed by atoms with Crippen LogP contribution in [0.1, 0.15) is 5.69 Å². The van der Waals surface area contributed by atoms with Crippen LogP contribution in [0.5, 0.6) is 0 Å². The molecule has 6 nitrogen and oxygen atoms in total. The van der Waals surface area contributed by atoms with Gasteiger partial charge in [-0.15, -0.1) is 11.3 Å². The van der Waals surface area contributed by atoms with Crippen LogP contribution in [0, 0.1) is 0 Å². The molecule has 0 unspecified atom stereocenters. The zero-order valence-corrected chi connectivity index (χ0v) is 8.67. The van der Waals surface area contributed by atoms with Crippen LogP contribution in [-0.4, -0.2) is 35.4 Å². The average molecular weight is 217 g/mol. The molecule has 14 heavy (non-hydrogen) atoms. The van der Waals surface area contributed by atoms with Crippen molar-refractivity contribution in [3.8, 4) is 0 Å². The third-order valence-electron chi connectivity index (χ3n) is 1.46. The van der Waals surface area contributed by atoms with Crippen LogP contribution < -0.4 is 5.32 Å². The first-order chi connectivity index (χ1) is 6.61.